The van der Waals surface area contributed by atoms with E-state index in [4.69, 9.17) is 0 Å². The zero-order valence-corrected chi connectivity index (χ0v) is 7.49. The van der Waals surface area contributed by atoms with E-state index in [9.17, 15) is 10.1 Å². The van der Waals surface area contributed by atoms with Gasteiger partial charge in [0.15, 0.2) is 0 Å². The number of nitro groups is 1. The number of aryl methyl sites for hydroxylation is 1. The van der Waals surface area contributed by atoms with Crippen molar-refractivity contribution in [1.29, 1.82) is 0 Å². The maximum atomic E-state index is 10.6. The molecule has 0 aliphatic heterocycles. The number of nitrogens with zero attached hydrogens (tertiary/aromatic N) is 1. The van der Waals surface area contributed by atoms with E-state index in [0.717, 1.165) is 12.0 Å². The molecule has 13 heavy (non-hydrogen) atoms. The molecule has 0 spiro atoms. The quantitative estimate of drug-likeness (QED) is 0.526. The highest BCUT2D eigenvalue weighted by Gasteiger charge is 2.12. The smallest absolute Gasteiger partial charge is 0.258 e. The Morgan fingerprint density at radius 3 is 2.77 bits per heavy atom. The largest absolute Gasteiger partial charge is 0.276 e. The molecule has 0 aliphatic carbocycles. The summed E-state index contributed by atoms with van der Waals surface area (Å²) in [7, 11) is 0. The van der Waals surface area contributed by atoms with Gasteiger partial charge in [0, 0.05) is 6.07 Å². The minimum atomic E-state index is -0.379. The first kappa shape index (κ1) is 9.45. The lowest BCUT2D eigenvalue weighted by Gasteiger charge is -2.02. The Kier molecular flexibility index (Phi) is 2.80. The number of hydrogen-bond acceptors (Lipinski definition) is 2. The Morgan fingerprint density at radius 1 is 1.62 bits per heavy atom. The summed E-state index contributed by atoms with van der Waals surface area (Å²) in [5, 5.41) is 10.6. The molecule has 1 aromatic carbocycles. The average Bonchev–Trinajstić information content (AvgIpc) is 2.16. The topological polar surface area (TPSA) is 43.1 Å². The summed E-state index contributed by atoms with van der Waals surface area (Å²) in [5.74, 6) is 0. The summed E-state index contributed by atoms with van der Waals surface area (Å²) in [4.78, 5) is 10.2. The van der Waals surface area contributed by atoms with Crippen LogP contribution in [0.15, 0.2) is 24.8 Å². The highest BCUT2D eigenvalue weighted by Crippen LogP contribution is 2.23. The zero-order chi connectivity index (χ0) is 9.84. The van der Waals surface area contributed by atoms with Crippen LogP contribution in [-0.2, 0) is 6.42 Å². The molecule has 0 radical (unpaired) electrons. The fraction of sp³-hybridized carbons (Fsp3) is 0.200. The SMILES string of the molecule is C=Cc1c(CC)cccc1[N+](=O)[O-]. The van der Waals surface area contributed by atoms with Crippen molar-refractivity contribution in [2.75, 3.05) is 0 Å². The first-order valence-corrected chi connectivity index (χ1v) is 4.09. The number of nitro benzene ring substituents is 1. The van der Waals surface area contributed by atoms with Gasteiger partial charge in [0.05, 0.1) is 10.5 Å². The third-order valence-electron chi connectivity index (χ3n) is 1.96. The van der Waals surface area contributed by atoms with Crippen molar-refractivity contribution in [1.82, 2.24) is 0 Å². The van der Waals surface area contributed by atoms with Gasteiger partial charge >= 0.3 is 0 Å². The normalized spacial score (nSPS) is 9.62. The third-order valence-corrected chi connectivity index (χ3v) is 1.96. The van der Waals surface area contributed by atoms with Crippen molar-refractivity contribution in [2.45, 2.75) is 13.3 Å². The third kappa shape index (κ3) is 1.75. The maximum absolute atomic E-state index is 10.6. The van der Waals surface area contributed by atoms with E-state index < -0.39 is 0 Å². The van der Waals surface area contributed by atoms with Gasteiger partial charge in [0.1, 0.15) is 0 Å². The van der Waals surface area contributed by atoms with E-state index in [0.29, 0.717) is 5.56 Å². The van der Waals surface area contributed by atoms with Crippen LogP contribution in [0.4, 0.5) is 5.69 Å². The Hall–Kier alpha value is -1.64. The molecule has 0 saturated carbocycles. The fourth-order valence-corrected chi connectivity index (χ4v) is 1.30. The molecule has 0 amide bonds. The number of rotatable bonds is 3. The molecule has 3 nitrogen and oxygen atoms in total. The standard InChI is InChI=1S/C10H11NO2/c1-3-8-6-5-7-10(11(12)13)9(8)4-2/h4-7H,2-3H2,1H3. The second kappa shape index (κ2) is 3.85. The molecule has 0 heterocycles. The van der Waals surface area contributed by atoms with Gasteiger partial charge in [0.25, 0.3) is 5.69 Å². The second-order valence-electron chi connectivity index (χ2n) is 2.66. The van der Waals surface area contributed by atoms with Gasteiger partial charge in [-0.1, -0.05) is 31.7 Å². The van der Waals surface area contributed by atoms with E-state index in [1.807, 2.05) is 13.0 Å². The van der Waals surface area contributed by atoms with Gasteiger partial charge < -0.3 is 0 Å². The number of benzene rings is 1. The average molecular weight is 177 g/mol. The van der Waals surface area contributed by atoms with E-state index in [2.05, 4.69) is 6.58 Å². The molecule has 0 bridgehead atoms. The molecular weight excluding hydrogens is 166 g/mol. The monoisotopic (exact) mass is 177 g/mol. The molecule has 0 atom stereocenters. The molecule has 0 unspecified atom stereocenters. The summed E-state index contributed by atoms with van der Waals surface area (Å²) in [6, 6.07) is 5.07. The van der Waals surface area contributed by atoms with Crippen molar-refractivity contribution in [2.24, 2.45) is 0 Å². The minimum absolute atomic E-state index is 0.134. The lowest BCUT2D eigenvalue weighted by molar-refractivity contribution is -0.385. The molecule has 1 rings (SSSR count). The summed E-state index contributed by atoms with van der Waals surface area (Å²) in [5.41, 5.74) is 1.73. The van der Waals surface area contributed by atoms with Crippen LogP contribution in [-0.4, -0.2) is 4.92 Å². The van der Waals surface area contributed by atoms with Crippen LogP contribution in [0.3, 0.4) is 0 Å². The first-order chi connectivity index (χ1) is 6.20. The van der Waals surface area contributed by atoms with Crippen molar-refractivity contribution in [3.8, 4) is 0 Å². The Morgan fingerprint density at radius 2 is 2.31 bits per heavy atom. The maximum Gasteiger partial charge on any atom is 0.276 e. The summed E-state index contributed by atoms with van der Waals surface area (Å²) in [6.45, 7) is 5.54. The van der Waals surface area contributed by atoms with Crippen molar-refractivity contribution in [3.63, 3.8) is 0 Å². The van der Waals surface area contributed by atoms with Crippen LogP contribution in [0.1, 0.15) is 18.1 Å². The van der Waals surface area contributed by atoms with Crippen molar-refractivity contribution in [3.05, 3.63) is 46.0 Å². The molecule has 0 saturated heterocycles. The van der Waals surface area contributed by atoms with E-state index in [1.165, 1.54) is 12.1 Å². The molecule has 0 fully saturated rings. The van der Waals surface area contributed by atoms with Gasteiger partial charge in [-0.3, -0.25) is 10.1 Å². The van der Waals surface area contributed by atoms with Crippen molar-refractivity contribution < 1.29 is 4.92 Å². The predicted molar refractivity (Wildman–Crippen MR) is 52.6 cm³/mol. The van der Waals surface area contributed by atoms with Crippen LogP contribution in [0, 0.1) is 10.1 Å². The van der Waals surface area contributed by atoms with Crippen LogP contribution in [0.25, 0.3) is 6.08 Å². The van der Waals surface area contributed by atoms with Gasteiger partial charge in [0.2, 0.25) is 0 Å². The summed E-state index contributed by atoms with van der Waals surface area (Å²) < 4.78 is 0. The van der Waals surface area contributed by atoms with Crippen LogP contribution >= 0.6 is 0 Å². The lowest BCUT2D eigenvalue weighted by atomic mass is 10.0. The Balaban J connectivity index is 3.35. The second-order valence-corrected chi connectivity index (χ2v) is 2.66. The Labute approximate surface area is 76.9 Å². The first-order valence-electron chi connectivity index (χ1n) is 4.09. The molecule has 0 aliphatic rings. The molecule has 0 N–H and O–H groups in total. The molecule has 1 aromatic rings. The molecular formula is C10H11NO2. The zero-order valence-electron chi connectivity index (χ0n) is 7.49. The molecule has 3 heteroatoms. The molecule has 0 aromatic heterocycles. The highest BCUT2D eigenvalue weighted by molar-refractivity contribution is 5.63. The number of hydrogen-bond donors (Lipinski definition) is 0. The van der Waals surface area contributed by atoms with Gasteiger partial charge in [-0.2, -0.15) is 0 Å². The minimum Gasteiger partial charge on any atom is -0.258 e. The van der Waals surface area contributed by atoms with Crippen LogP contribution < -0.4 is 0 Å². The van der Waals surface area contributed by atoms with E-state index in [-0.39, 0.29) is 10.6 Å². The lowest BCUT2D eigenvalue weighted by Crippen LogP contribution is -1.95. The highest BCUT2D eigenvalue weighted by atomic mass is 16.6. The Bertz CT molecular complexity index is 345. The summed E-state index contributed by atoms with van der Waals surface area (Å²) in [6.07, 6.45) is 2.32. The van der Waals surface area contributed by atoms with Crippen molar-refractivity contribution >= 4 is 11.8 Å². The van der Waals surface area contributed by atoms with Gasteiger partial charge in [-0.05, 0) is 12.0 Å². The predicted octanol–water partition coefficient (Wildman–Crippen LogP) is 2.80. The van der Waals surface area contributed by atoms with E-state index in [1.54, 1.807) is 6.07 Å². The fourth-order valence-electron chi connectivity index (χ4n) is 1.30. The van der Waals surface area contributed by atoms with Crippen LogP contribution in [0.5, 0.6) is 0 Å². The van der Waals surface area contributed by atoms with Gasteiger partial charge in [-0.25, -0.2) is 0 Å². The van der Waals surface area contributed by atoms with E-state index >= 15 is 0 Å². The van der Waals surface area contributed by atoms with Crippen LogP contribution in [0.2, 0.25) is 0 Å². The van der Waals surface area contributed by atoms with Gasteiger partial charge in [-0.15, -0.1) is 0 Å². The summed E-state index contributed by atoms with van der Waals surface area (Å²) >= 11 is 0. The molecule has 68 valence electrons.